The van der Waals surface area contributed by atoms with Gasteiger partial charge in [0.05, 0.1) is 6.54 Å². The lowest BCUT2D eigenvalue weighted by atomic mass is 10.2. The Balaban J connectivity index is 1.78. The van der Waals surface area contributed by atoms with Gasteiger partial charge in [-0.3, -0.25) is 15.3 Å². The number of aromatic nitrogens is 2. The maximum absolute atomic E-state index is 11.7. The van der Waals surface area contributed by atoms with Crippen molar-refractivity contribution in [2.45, 2.75) is 26.7 Å². The van der Waals surface area contributed by atoms with Gasteiger partial charge in [0.2, 0.25) is 5.91 Å². The minimum atomic E-state index is -0.138. The number of aryl methyl sites for hydroxylation is 1. The van der Waals surface area contributed by atoms with Gasteiger partial charge < -0.3 is 10.6 Å². The zero-order valence-electron chi connectivity index (χ0n) is 11.1. The third-order valence-corrected chi connectivity index (χ3v) is 2.62. The number of hydrazone groups is 1. The van der Waals surface area contributed by atoms with Gasteiger partial charge in [-0.2, -0.15) is 10.2 Å². The molecule has 0 saturated heterocycles. The second-order valence-electron chi connectivity index (χ2n) is 4.43. The molecule has 19 heavy (non-hydrogen) atoms. The van der Waals surface area contributed by atoms with E-state index in [-0.39, 0.29) is 12.5 Å². The van der Waals surface area contributed by atoms with Crippen LogP contribution in [0.15, 0.2) is 22.9 Å². The van der Waals surface area contributed by atoms with E-state index in [0.29, 0.717) is 11.7 Å². The summed E-state index contributed by atoms with van der Waals surface area (Å²) in [5.41, 5.74) is 4.81. The summed E-state index contributed by atoms with van der Waals surface area (Å²) in [6.45, 7) is 4.00. The molecule has 2 rings (SSSR count). The quantitative estimate of drug-likeness (QED) is 0.649. The summed E-state index contributed by atoms with van der Waals surface area (Å²) in [4.78, 5) is 11.7. The minimum Gasteiger partial charge on any atom is -0.360 e. The number of nitrogens with zero attached hydrogens (tertiary/aromatic N) is 2. The Labute approximate surface area is 111 Å². The van der Waals surface area contributed by atoms with Crippen LogP contribution in [0.4, 0.5) is 5.82 Å². The number of allylic oxidation sites excluding steroid dienone is 2. The fraction of sp³-hybridized carbons (Fsp3) is 0.417. The number of H-pyrrole nitrogens is 1. The first-order valence-corrected chi connectivity index (χ1v) is 6.18. The average molecular weight is 262 g/mol. The third-order valence-electron chi connectivity index (χ3n) is 2.62. The molecule has 0 spiro atoms. The highest BCUT2D eigenvalue weighted by Gasteiger charge is 2.08. The van der Waals surface area contributed by atoms with Crippen molar-refractivity contribution in [1.82, 2.24) is 20.9 Å². The summed E-state index contributed by atoms with van der Waals surface area (Å²) in [5, 5.41) is 16.6. The van der Waals surface area contributed by atoms with Crippen LogP contribution < -0.4 is 16.1 Å². The molecule has 1 amide bonds. The van der Waals surface area contributed by atoms with Gasteiger partial charge in [0.15, 0.2) is 0 Å². The molecule has 1 aromatic rings. The number of amidine groups is 1. The molecule has 0 saturated carbocycles. The fourth-order valence-electron chi connectivity index (χ4n) is 1.66. The van der Waals surface area contributed by atoms with Crippen LogP contribution in [0.2, 0.25) is 0 Å². The Kier molecular flexibility index (Phi) is 4.17. The van der Waals surface area contributed by atoms with Crippen LogP contribution in [0.1, 0.15) is 25.5 Å². The van der Waals surface area contributed by atoms with E-state index in [4.69, 9.17) is 0 Å². The van der Waals surface area contributed by atoms with Gasteiger partial charge in [0.25, 0.3) is 0 Å². The molecular formula is C12H18N6O. The molecule has 0 aromatic carbocycles. The summed E-state index contributed by atoms with van der Waals surface area (Å²) in [7, 11) is 0. The highest BCUT2D eigenvalue weighted by molar-refractivity contribution is 5.99. The lowest BCUT2D eigenvalue weighted by molar-refractivity contribution is -0.118. The topological polar surface area (TPSA) is 94.2 Å². The molecule has 0 unspecified atom stereocenters. The van der Waals surface area contributed by atoms with Crippen LogP contribution in [0, 0.1) is 6.92 Å². The Morgan fingerprint density at radius 1 is 1.47 bits per heavy atom. The lowest BCUT2D eigenvalue weighted by Gasteiger charge is -2.07. The van der Waals surface area contributed by atoms with Crippen molar-refractivity contribution in [3.05, 3.63) is 23.5 Å². The van der Waals surface area contributed by atoms with E-state index in [1.165, 1.54) is 0 Å². The third kappa shape index (κ3) is 4.13. The van der Waals surface area contributed by atoms with E-state index in [1.807, 2.05) is 26.0 Å². The van der Waals surface area contributed by atoms with E-state index in [2.05, 4.69) is 31.4 Å². The molecule has 0 radical (unpaired) electrons. The van der Waals surface area contributed by atoms with Gasteiger partial charge in [-0.05, 0) is 20.3 Å². The van der Waals surface area contributed by atoms with Crippen LogP contribution in [-0.4, -0.2) is 28.5 Å². The van der Waals surface area contributed by atoms with Gasteiger partial charge in [-0.1, -0.05) is 6.08 Å². The predicted molar refractivity (Wildman–Crippen MR) is 73.5 cm³/mol. The molecule has 0 atom stereocenters. The molecule has 2 heterocycles. The van der Waals surface area contributed by atoms with E-state index in [9.17, 15) is 4.79 Å². The van der Waals surface area contributed by atoms with Crippen molar-refractivity contribution < 1.29 is 4.79 Å². The Morgan fingerprint density at radius 2 is 2.32 bits per heavy atom. The number of aromatic amines is 1. The second kappa shape index (κ2) is 6.03. The molecule has 4 N–H and O–H groups in total. The number of anilines is 1. The number of carbonyl (C=O) groups is 1. The highest BCUT2D eigenvalue weighted by Crippen LogP contribution is 2.03. The van der Waals surface area contributed by atoms with E-state index in [0.717, 1.165) is 24.2 Å². The van der Waals surface area contributed by atoms with Crippen LogP contribution in [0.5, 0.6) is 0 Å². The number of rotatable bonds is 3. The van der Waals surface area contributed by atoms with Crippen molar-refractivity contribution in [3.63, 3.8) is 0 Å². The summed E-state index contributed by atoms with van der Waals surface area (Å²) in [6, 6.07) is 1.84. The smallest absolute Gasteiger partial charge is 0.244 e. The molecular weight excluding hydrogens is 244 g/mol. The van der Waals surface area contributed by atoms with E-state index in [1.54, 1.807) is 0 Å². The van der Waals surface area contributed by atoms with Crippen molar-refractivity contribution in [2.75, 3.05) is 11.9 Å². The number of amides is 1. The van der Waals surface area contributed by atoms with Crippen LogP contribution in [0.25, 0.3) is 0 Å². The van der Waals surface area contributed by atoms with E-state index < -0.39 is 0 Å². The number of carbonyl (C=O) groups excluding carboxylic acids is 1. The number of nitrogens with one attached hydrogen (secondary N) is 4. The summed E-state index contributed by atoms with van der Waals surface area (Å²) >= 11 is 0. The molecule has 0 fully saturated rings. The van der Waals surface area contributed by atoms with Crippen LogP contribution in [-0.2, 0) is 4.79 Å². The molecule has 0 bridgehead atoms. The Hall–Kier alpha value is -2.31. The molecule has 1 aliphatic heterocycles. The van der Waals surface area contributed by atoms with Gasteiger partial charge in [-0.25, -0.2) is 0 Å². The van der Waals surface area contributed by atoms with Gasteiger partial charge in [-0.15, -0.1) is 0 Å². The van der Waals surface area contributed by atoms with Gasteiger partial charge in [0, 0.05) is 23.9 Å². The SMILES string of the molecule is CC1=CCCC(NC(=O)CNc2cc(C)[nH]n2)=NN1. The minimum absolute atomic E-state index is 0.138. The van der Waals surface area contributed by atoms with Crippen molar-refractivity contribution in [3.8, 4) is 0 Å². The zero-order chi connectivity index (χ0) is 13.7. The molecule has 1 aromatic heterocycles. The molecule has 7 heteroatoms. The standard InChI is InChI=1S/C12H18N6O/c1-8-4-3-5-10(17-15-8)14-12(19)7-13-11-6-9(2)16-18-11/h4,6,15H,3,5,7H2,1-2H3,(H2,13,16,18)(H,14,17,19). The number of hydrogen-bond acceptors (Lipinski definition) is 5. The van der Waals surface area contributed by atoms with Crippen LogP contribution >= 0.6 is 0 Å². The maximum atomic E-state index is 11.7. The first kappa shape index (κ1) is 13.1. The molecule has 102 valence electrons. The summed E-state index contributed by atoms with van der Waals surface area (Å²) < 4.78 is 0. The summed E-state index contributed by atoms with van der Waals surface area (Å²) in [6.07, 6.45) is 3.63. The fourth-order valence-corrected chi connectivity index (χ4v) is 1.66. The molecule has 7 nitrogen and oxygen atoms in total. The van der Waals surface area contributed by atoms with Crippen molar-refractivity contribution in [1.29, 1.82) is 0 Å². The summed E-state index contributed by atoms with van der Waals surface area (Å²) in [5.74, 6) is 1.17. The average Bonchev–Trinajstić information content (AvgIpc) is 2.68. The molecule has 0 aliphatic carbocycles. The molecule has 1 aliphatic rings. The first-order valence-electron chi connectivity index (χ1n) is 6.18. The highest BCUT2D eigenvalue weighted by atomic mass is 16.2. The van der Waals surface area contributed by atoms with Crippen molar-refractivity contribution in [2.24, 2.45) is 5.10 Å². The zero-order valence-corrected chi connectivity index (χ0v) is 11.1. The largest absolute Gasteiger partial charge is 0.360 e. The normalized spacial score (nSPS) is 14.8. The maximum Gasteiger partial charge on any atom is 0.244 e. The predicted octanol–water partition coefficient (Wildman–Crippen LogP) is 0.847. The van der Waals surface area contributed by atoms with Gasteiger partial charge >= 0.3 is 0 Å². The van der Waals surface area contributed by atoms with Crippen LogP contribution in [0.3, 0.4) is 0 Å². The second-order valence-corrected chi connectivity index (χ2v) is 4.43. The van der Waals surface area contributed by atoms with E-state index >= 15 is 0 Å². The Morgan fingerprint density at radius 3 is 3.05 bits per heavy atom. The Bertz CT molecular complexity index is 516. The first-order chi connectivity index (χ1) is 9.13. The lowest BCUT2D eigenvalue weighted by Crippen LogP contribution is -2.35. The monoisotopic (exact) mass is 262 g/mol. The van der Waals surface area contributed by atoms with Gasteiger partial charge in [0.1, 0.15) is 11.7 Å². The van der Waals surface area contributed by atoms with Crippen molar-refractivity contribution >= 4 is 17.6 Å². The number of hydrogen-bond donors (Lipinski definition) is 4.